The fourth-order valence-corrected chi connectivity index (χ4v) is 2.12. The van der Waals surface area contributed by atoms with Crippen LogP contribution in [0.25, 0.3) is 0 Å². The van der Waals surface area contributed by atoms with E-state index in [-0.39, 0.29) is 6.42 Å². The second-order valence-electron chi connectivity index (χ2n) is 3.40. The van der Waals surface area contributed by atoms with Gasteiger partial charge in [0, 0.05) is 6.42 Å². The second-order valence-corrected chi connectivity index (χ2v) is 4.55. The highest BCUT2D eigenvalue weighted by atomic mass is 32.3. The van der Waals surface area contributed by atoms with E-state index in [4.69, 9.17) is 0 Å². The van der Waals surface area contributed by atoms with Crippen molar-refractivity contribution in [3.63, 3.8) is 0 Å². The maximum absolute atomic E-state index is 13.1. The monoisotopic (exact) mass is 226 g/mol. The molecule has 0 aromatic heterocycles. The molecule has 84 valence electrons. The van der Waals surface area contributed by atoms with Gasteiger partial charge in [-0.3, -0.25) is 0 Å². The van der Waals surface area contributed by atoms with Gasteiger partial charge >= 0.3 is 16.4 Å². The van der Waals surface area contributed by atoms with Crippen molar-refractivity contribution in [1.29, 1.82) is 0 Å². The van der Waals surface area contributed by atoms with E-state index in [0.29, 0.717) is 6.42 Å². The lowest BCUT2D eigenvalue weighted by Gasteiger charge is -2.31. The van der Waals surface area contributed by atoms with Crippen molar-refractivity contribution in [2.45, 2.75) is 51.5 Å². The van der Waals surface area contributed by atoms with Crippen LogP contribution in [0.2, 0.25) is 0 Å². The maximum Gasteiger partial charge on any atom is 0.409 e. The molecule has 0 unspecified atom stereocenters. The van der Waals surface area contributed by atoms with Crippen LogP contribution in [0.3, 0.4) is 0 Å². The third kappa shape index (κ3) is 3.51. The molecule has 0 aromatic carbocycles. The van der Waals surface area contributed by atoms with Gasteiger partial charge in [-0.05, 0) is 6.42 Å². The lowest BCUT2D eigenvalue weighted by molar-refractivity contribution is -0.280. The van der Waals surface area contributed by atoms with Crippen LogP contribution in [0.5, 0.6) is 0 Å². The molecule has 1 heterocycles. The molecule has 1 aliphatic rings. The SMILES string of the molecule is CCCCCCCC1(F)OS(=O)(=O)O1. The third-order valence-electron chi connectivity index (χ3n) is 2.03. The Bertz CT molecular complexity index is 263. The van der Waals surface area contributed by atoms with Crippen molar-refractivity contribution in [2.24, 2.45) is 0 Å². The van der Waals surface area contributed by atoms with E-state index in [0.717, 1.165) is 25.7 Å². The molecule has 0 bridgehead atoms. The van der Waals surface area contributed by atoms with Crippen molar-refractivity contribution in [3.8, 4) is 0 Å². The molecule has 1 fully saturated rings. The third-order valence-corrected chi connectivity index (χ3v) is 2.94. The number of hydrogen-bond donors (Lipinski definition) is 0. The van der Waals surface area contributed by atoms with E-state index in [2.05, 4.69) is 15.3 Å². The molecule has 4 nitrogen and oxygen atoms in total. The topological polar surface area (TPSA) is 52.6 Å². The van der Waals surface area contributed by atoms with Gasteiger partial charge in [-0.1, -0.05) is 32.6 Å². The second kappa shape index (κ2) is 4.55. The lowest BCUT2D eigenvalue weighted by Crippen LogP contribution is -2.46. The summed E-state index contributed by atoms with van der Waals surface area (Å²) in [6.45, 7) is 2.08. The Hall–Kier alpha value is -0.200. The molecule has 0 N–H and O–H groups in total. The largest absolute Gasteiger partial charge is 0.409 e. The van der Waals surface area contributed by atoms with Gasteiger partial charge in [-0.15, -0.1) is 0 Å². The van der Waals surface area contributed by atoms with Gasteiger partial charge in [0.2, 0.25) is 0 Å². The van der Waals surface area contributed by atoms with Gasteiger partial charge in [-0.2, -0.15) is 21.2 Å². The first-order chi connectivity index (χ1) is 6.47. The predicted molar refractivity (Wildman–Crippen MR) is 48.3 cm³/mol. The summed E-state index contributed by atoms with van der Waals surface area (Å²) in [6.07, 6.45) is 4.68. The number of alkyl halides is 1. The molecule has 0 aliphatic carbocycles. The summed E-state index contributed by atoms with van der Waals surface area (Å²) in [4.78, 5) is 0. The molecule has 0 spiro atoms. The van der Waals surface area contributed by atoms with Crippen LogP contribution in [-0.4, -0.2) is 14.5 Å². The van der Waals surface area contributed by atoms with Crippen molar-refractivity contribution in [2.75, 3.05) is 0 Å². The Morgan fingerprint density at radius 1 is 1.14 bits per heavy atom. The van der Waals surface area contributed by atoms with Gasteiger partial charge in [0.1, 0.15) is 0 Å². The molecular formula is C8H15FO4S. The summed E-state index contributed by atoms with van der Waals surface area (Å²) in [7, 11) is -4.01. The molecule has 0 saturated carbocycles. The first kappa shape index (κ1) is 11.9. The summed E-state index contributed by atoms with van der Waals surface area (Å²) < 4.78 is 41.8. The van der Waals surface area contributed by atoms with Gasteiger partial charge < -0.3 is 0 Å². The zero-order valence-electron chi connectivity index (χ0n) is 8.16. The average molecular weight is 226 g/mol. The van der Waals surface area contributed by atoms with Crippen molar-refractivity contribution < 1.29 is 21.2 Å². The van der Waals surface area contributed by atoms with Crippen LogP contribution >= 0.6 is 0 Å². The fraction of sp³-hybridized carbons (Fsp3) is 1.00. The number of hydrogen-bond acceptors (Lipinski definition) is 4. The minimum absolute atomic E-state index is 0.0179. The van der Waals surface area contributed by atoms with Crippen molar-refractivity contribution in [1.82, 2.24) is 0 Å². The Kier molecular flexibility index (Phi) is 3.86. The molecule has 0 aromatic rings. The van der Waals surface area contributed by atoms with Gasteiger partial charge in [-0.25, -0.2) is 0 Å². The minimum atomic E-state index is -4.01. The Morgan fingerprint density at radius 2 is 1.71 bits per heavy atom. The Morgan fingerprint density at radius 3 is 2.21 bits per heavy atom. The van der Waals surface area contributed by atoms with Gasteiger partial charge in [0.25, 0.3) is 0 Å². The van der Waals surface area contributed by atoms with Crippen LogP contribution in [0.1, 0.15) is 45.4 Å². The average Bonchev–Trinajstić information content (AvgIpc) is 2.00. The first-order valence-electron chi connectivity index (χ1n) is 4.82. The molecule has 1 aliphatic heterocycles. The van der Waals surface area contributed by atoms with Crippen LogP contribution in [0, 0.1) is 0 Å². The maximum atomic E-state index is 13.1. The van der Waals surface area contributed by atoms with E-state index >= 15 is 0 Å². The molecule has 6 heteroatoms. The molecular weight excluding hydrogens is 211 g/mol. The fourth-order valence-electron chi connectivity index (χ4n) is 1.33. The minimum Gasteiger partial charge on any atom is -0.181 e. The van der Waals surface area contributed by atoms with Crippen LogP contribution < -0.4 is 0 Å². The normalized spacial score (nSPS) is 23.0. The lowest BCUT2D eigenvalue weighted by atomic mass is 10.1. The highest BCUT2D eigenvalue weighted by Crippen LogP contribution is 2.36. The highest BCUT2D eigenvalue weighted by Gasteiger charge is 2.52. The Labute approximate surface area is 83.7 Å². The van der Waals surface area contributed by atoms with E-state index in [1.807, 2.05) is 0 Å². The summed E-state index contributed by atoms with van der Waals surface area (Å²) in [5.41, 5.74) is 0. The smallest absolute Gasteiger partial charge is 0.181 e. The van der Waals surface area contributed by atoms with Crippen molar-refractivity contribution in [3.05, 3.63) is 0 Å². The molecule has 0 amide bonds. The van der Waals surface area contributed by atoms with E-state index < -0.39 is 16.4 Å². The summed E-state index contributed by atoms with van der Waals surface area (Å²) in [5.74, 6) is 0. The van der Waals surface area contributed by atoms with Gasteiger partial charge in [0.05, 0.1) is 0 Å². The van der Waals surface area contributed by atoms with Crippen LogP contribution in [0.15, 0.2) is 0 Å². The number of halogens is 1. The molecule has 0 radical (unpaired) electrons. The number of unbranched alkanes of at least 4 members (excludes halogenated alkanes) is 4. The zero-order chi connectivity index (χ0) is 10.7. The predicted octanol–water partition coefficient (Wildman–Crippen LogP) is 2.26. The molecule has 14 heavy (non-hydrogen) atoms. The van der Waals surface area contributed by atoms with E-state index in [9.17, 15) is 12.8 Å². The van der Waals surface area contributed by atoms with E-state index in [1.54, 1.807) is 0 Å². The zero-order valence-corrected chi connectivity index (χ0v) is 8.98. The molecule has 0 atom stereocenters. The molecule has 1 saturated heterocycles. The standard InChI is InChI=1S/C8H15FO4S/c1-2-3-4-5-6-7-8(9)12-14(10,11)13-8/h2-7H2,1H3. The summed E-state index contributed by atoms with van der Waals surface area (Å²) in [6, 6.07) is -2.38. The summed E-state index contributed by atoms with van der Waals surface area (Å²) in [5, 5.41) is 0. The highest BCUT2D eigenvalue weighted by molar-refractivity contribution is 7.82. The van der Waals surface area contributed by atoms with Crippen LogP contribution in [-0.2, 0) is 18.8 Å². The molecule has 1 rings (SSSR count). The van der Waals surface area contributed by atoms with E-state index in [1.165, 1.54) is 0 Å². The summed E-state index contributed by atoms with van der Waals surface area (Å²) >= 11 is 0. The quantitative estimate of drug-likeness (QED) is 0.652. The number of rotatable bonds is 6. The Balaban J connectivity index is 2.08. The van der Waals surface area contributed by atoms with Gasteiger partial charge in [0.15, 0.2) is 0 Å². The first-order valence-corrected chi connectivity index (χ1v) is 6.16. The van der Waals surface area contributed by atoms with Crippen molar-refractivity contribution >= 4 is 10.4 Å². The van der Waals surface area contributed by atoms with Crippen LogP contribution in [0.4, 0.5) is 4.39 Å².